The maximum absolute atomic E-state index is 11.9. The number of nitrogens with two attached hydrogens (primary N) is 1. The zero-order valence-electron chi connectivity index (χ0n) is 14.8. The number of aryl methyl sites for hydroxylation is 1. The maximum atomic E-state index is 11.9. The van der Waals surface area contributed by atoms with E-state index in [0.717, 1.165) is 5.56 Å². The molecule has 2 amide bonds. The van der Waals surface area contributed by atoms with Gasteiger partial charge in [0.25, 0.3) is 0 Å². The van der Waals surface area contributed by atoms with Crippen LogP contribution in [0.2, 0.25) is 0 Å². The third-order valence-electron chi connectivity index (χ3n) is 3.91. The lowest BCUT2D eigenvalue weighted by molar-refractivity contribution is -0.136. The molecule has 0 aliphatic rings. The largest absolute Gasteiger partial charge is 0.381 e. The molecule has 0 aliphatic carbocycles. The first-order valence-corrected chi connectivity index (χ1v) is 8.34. The van der Waals surface area contributed by atoms with Gasteiger partial charge in [-0.3, -0.25) is 14.7 Å². The molecule has 1 heterocycles. The van der Waals surface area contributed by atoms with Gasteiger partial charge in [-0.2, -0.15) is 10.4 Å². The second-order valence-corrected chi connectivity index (χ2v) is 6.16. The molecule has 5 N–H and O–H groups in total. The fourth-order valence-corrected chi connectivity index (χ4v) is 2.39. The Kier molecular flexibility index (Phi) is 6.33. The van der Waals surface area contributed by atoms with E-state index in [1.54, 1.807) is 12.1 Å². The zero-order valence-corrected chi connectivity index (χ0v) is 14.8. The minimum atomic E-state index is -0.717. The second-order valence-electron chi connectivity index (χ2n) is 6.16. The Bertz CT molecular complexity index is 817. The van der Waals surface area contributed by atoms with Crippen LogP contribution in [-0.2, 0) is 16.0 Å². The van der Waals surface area contributed by atoms with E-state index in [9.17, 15) is 9.59 Å². The van der Waals surface area contributed by atoms with Crippen molar-refractivity contribution in [2.75, 3.05) is 17.6 Å². The maximum Gasteiger partial charge on any atom is 0.313 e. The number of hydrogen-bond donors (Lipinski definition) is 4. The Balaban J connectivity index is 1.76. The first-order valence-electron chi connectivity index (χ1n) is 8.34. The van der Waals surface area contributed by atoms with Crippen molar-refractivity contribution in [2.24, 2.45) is 0 Å². The van der Waals surface area contributed by atoms with Crippen LogP contribution in [0.5, 0.6) is 0 Å². The minimum Gasteiger partial charge on any atom is -0.381 e. The summed E-state index contributed by atoms with van der Waals surface area (Å²) in [6.45, 7) is 4.46. The van der Waals surface area contributed by atoms with Crippen LogP contribution < -0.4 is 16.4 Å². The van der Waals surface area contributed by atoms with Crippen LogP contribution in [0.4, 0.5) is 11.5 Å². The number of nitriles is 1. The molecule has 0 unspecified atom stereocenters. The summed E-state index contributed by atoms with van der Waals surface area (Å²) >= 11 is 0. The first-order chi connectivity index (χ1) is 12.4. The predicted molar refractivity (Wildman–Crippen MR) is 98.2 cm³/mol. The SMILES string of the molecule is CC(C)c1ccc(NC(=O)C(=O)NCCCc2[nH]nc(N)c2C#N)cc1. The molecule has 8 nitrogen and oxygen atoms in total. The van der Waals surface area contributed by atoms with Crippen molar-refractivity contribution in [2.45, 2.75) is 32.6 Å². The van der Waals surface area contributed by atoms with E-state index >= 15 is 0 Å². The van der Waals surface area contributed by atoms with Gasteiger partial charge in [-0.25, -0.2) is 0 Å². The Morgan fingerprint density at radius 3 is 2.58 bits per heavy atom. The van der Waals surface area contributed by atoms with E-state index in [4.69, 9.17) is 11.0 Å². The molecule has 0 saturated heterocycles. The molecule has 26 heavy (non-hydrogen) atoms. The number of carbonyl (C=O) groups is 2. The summed E-state index contributed by atoms with van der Waals surface area (Å²) in [6.07, 6.45) is 1.03. The highest BCUT2D eigenvalue weighted by Gasteiger charge is 2.14. The number of hydrogen-bond acceptors (Lipinski definition) is 5. The van der Waals surface area contributed by atoms with Crippen LogP contribution in [0.1, 0.15) is 43.0 Å². The second kappa shape index (κ2) is 8.67. The molecule has 0 aliphatic heterocycles. The molecule has 1 aromatic heterocycles. The topological polar surface area (TPSA) is 137 Å². The third kappa shape index (κ3) is 4.83. The highest BCUT2D eigenvalue weighted by atomic mass is 16.2. The smallest absolute Gasteiger partial charge is 0.313 e. The van der Waals surface area contributed by atoms with Crippen LogP contribution >= 0.6 is 0 Å². The van der Waals surface area contributed by atoms with E-state index in [2.05, 4.69) is 34.7 Å². The van der Waals surface area contributed by atoms with Crippen LogP contribution in [0.25, 0.3) is 0 Å². The van der Waals surface area contributed by atoms with Gasteiger partial charge in [-0.05, 0) is 36.5 Å². The fraction of sp³-hybridized carbons (Fsp3) is 0.333. The summed E-state index contributed by atoms with van der Waals surface area (Å²) in [5.74, 6) is -0.863. The van der Waals surface area contributed by atoms with Crippen LogP contribution in [0.15, 0.2) is 24.3 Å². The predicted octanol–water partition coefficient (Wildman–Crippen LogP) is 1.67. The van der Waals surface area contributed by atoms with Gasteiger partial charge in [-0.1, -0.05) is 26.0 Å². The number of benzene rings is 1. The molecule has 2 aromatic rings. The van der Waals surface area contributed by atoms with Crippen molar-refractivity contribution >= 4 is 23.3 Å². The minimum absolute atomic E-state index is 0.161. The lowest BCUT2D eigenvalue weighted by Crippen LogP contribution is -2.36. The highest BCUT2D eigenvalue weighted by Crippen LogP contribution is 2.17. The van der Waals surface area contributed by atoms with Crippen LogP contribution in [0.3, 0.4) is 0 Å². The van der Waals surface area contributed by atoms with E-state index in [1.807, 2.05) is 18.2 Å². The quantitative estimate of drug-likeness (QED) is 0.462. The van der Waals surface area contributed by atoms with Gasteiger partial charge in [0.15, 0.2) is 5.82 Å². The summed E-state index contributed by atoms with van der Waals surface area (Å²) in [5, 5.41) is 20.6. The average molecular weight is 354 g/mol. The molecule has 0 bridgehead atoms. The Morgan fingerprint density at radius 2 is 1.96 bits per heavy atom. The summed E-state index contributed by atoms with van der Waals surface area (Å²) in [6, 6.07) is 9.36. The fourth-order valence-electron chi connectivity index (χ4n) is 2.39. The summed E-state index contributed by atoms with van der Waals surface area (Å²) in [7, 11) is 0. The number of nitrogen functional groups attached to an aromatic ring is 1. The number of carbonyl (C=O) groups excluding carboxylic acids is 2. The van der Waals surface area contributed by atoms with Gasteiger partial charge in [-0.15, -0.1) is 0 Å². The molecule has 136 valence electrons. The molecular formula is C18H22N6O2. The molecule has 0 atom stereocenters. The van der Waals surface area contributed by atoms with Crippen molar-refractivity contribution < 1.29 is 9.59 Å². The number of anilines is 2. The number of aromatic nitrogens is 2. The van der Waals surface area contributed by atoms with Gasteiger partial charge in [0, 0.05) is 12.2 Å². The van der Waals surface area contributed by atoms with Gasteiger partial charge in [0.2, 0.25) is 0 Å². The number of nitrogens with one attached hydrogen (secondary N) is 3. The van der Waals surface area contributed by atoms with Crippen molar-refractivity contribution in [3.05, 3.63) is 41.1 Å². The third-order valence-corrected chi connectivity index (χ3v) is 3.91. The lowest BCUT2D eigenvalue weighted by atomic mass is 10.0. The zero-order chi connectivity index (χ0) is 19.1. The molecule has 0 saturated carbocycles. The molecular weight excluding hydrogens is 332 g/mol. The average Bonchev–Trinajstić information content (AvgIpc) is 2.98. The van der Waals surface area contributed by atoms with Crippen molar-refractivity contribution in [1.82, 2.24) is 15.5 Å². The van der Waals surface area contributed by atoms with Crippen molar-refractivity contribution in [3.63, 3.8) is 0 Å². The Hall–Kier alpha value is -3.34. The molecule has 0 spiro atoms. The van der Waals surface area contributed by atoms with E-state index in [0.29, 0.717) is 42.2 Å². The molecule has 1 aromatic carbocycles. The number of nitrogens with zero attached hydrogens (tertiary/aromatic N) is 2. The van der Waals surface area contributed by atoms with E-state index < -0.39 is 11.8 Å². The summed E-state index contributed by atoms with van der Waals surface area (Å²) in [4.78, 5) is 23.7. The van der Waals surface area contributed by atoms with Gasteiger partial charge in [0.1, 0.15) is 11.6 Å². The number of rotatable bonds is 6. The Labute approximate surface area is 151 Å². The number of H-pyrrole nitrogens is 1. The van der Waals surface area contributed by atoms with Gasteiger partial charge >= 0.3 is 11.8 Å². The molecule has 0 radical (unpaired) electrons. The van der Waals surface area contributed by atoms with Gasteiger partial charge < -0.3 is 16.4 Å². The molecule has 0 fully saturated rings. The van der Waals surface area contributed by atoms with E-state index in [1.165, 1.54) is 0 Å². The summed E-state index contributed by atoms with van der Waals surface area (Å²) < 4.78 is 0. The molecule has 2 rings (SSSR count). The first kappa shape index (κ1) is 19.0. The Morgan fingerprint density at radius 1 is 1.27 bits per heavy atom. The van der Waals surface area contributed by atoms with Crippen molar-refractivity contribution in [3.8, 4) is 6.07 Å². The van der Waals surface area contributed by atoms with E-state index in [-0.39, 0.29) is 5.82 Å². The summed E-state index contributed by atoms with van der Waals surface area (Å²) in [5.41, 5.74) is 8.22. The molecule has 8 heteroatoms. The van der Waals surface area contributed by atoms with Crippen LogP contribution in [-0.4, -0.2) is 28.6 Å². The number of aromatic amines is 1. The normalized spacial score (nSPS) is 10.4. The van der Waals surface area contributed by atoms with Gasteiger partial charge in [0.05, 0.1) is 5.69 Å². The standard InChI is InChI=1S/C18H22N6O2/c1-11(2)12-5-7-13(8-6-12)22-18(26)17(25)21-9-3-4-15-14(10-19)16(20)24-23-15/h5-8,11H,3-4,9H2,1-2H3,(H,21,25)(H,22,26)(H3,20,23,24). The highest BCUT2D eigenvalue weighted by molar-refractivity contribution is 6.39. The monoisotopic (exact) mass is 354 g/mol. The number of amides is 2. The lowest BCUT2D eigenvalue weighted by Gasteiger charge is -2.08. The van der Waals surface area contributed by atoms with Crippen molar-refractivity contribution in [1.29, 1.82) is 5.26 Å². The van der Waals surface area contributed by atoms with Crippen LogP contribution in [0, 0.1) is 11.3 Å².